The van der Waals surface area contributed by atoms with Crippen molar-refractivity contribution in [1.29, 1.82) is 5.26 Å². The first kappa shape index (κ1) is 17.4. The molecular weight excluding hydrogens is 282 g/mol. The van der Waals surface area contributed by atoms with Crippen LogP contribution in [-0.4, -0.2) is 36.2 Å². The lowest BCUT2D eigenvalue weighted by molar-refractivity contribution is -0.130. The highest BCUT2D eigenvalue weighted by Crippen LogP contribution is 2.27. The van der Waals surface area contributed by atoms with Gasteiger partial charge in [-0.15, -0.1) is 11.8 Å². The van der Waals surface area contributed by atoms with Gasteiger partial charge in [0.15, 0.2) is 0 Å². The molecule has 1 rings (SSSR count). The van der Waals surface area contributed by atoms with E-state index >= 15 is 0 Å². The first-order valence-corrected chi connectivity index (χ1v) is 8.33. The maximum atomic E-state index is 11.9. The summed E-state index contributed by atoms with van der Waals surface area (Å²) in [5, 5.41) is 12.5. The Labute approximate surface area is 131 Å². The number of carbonyl (C=O) groups excluding carboxylic acids is 1. The summed E-state index contributed by atoms with van der Waals surface area (Å²) in [6, 6.07) is 8.04. The van der Waals surface area contributed by atoms with Crippen LogP contribution in [0.4, 0.5) is 5.69 Å². The Morgan fingerprint density at radius 3 is 2.62 bits per heavy atom. The van der Waals surface area contributed by atoms with Crippen molar-refractivity contribution in [2.45, 2.75) is 32.1 Å². The predicted octanol–water partition coefficient (Wildman–Crippen LogP) is 3.34. The Morgan fingerprint density at radius 1 is 1.33 bits per heavy atom. The molecule has 0 atom stereocenters. The van der Waals surface area contributed by atoms with Crippen LogP contribution in [0.15, 0.2) is 23.1 Å². The van der Waals surface area contributed by atoms with E-state index in [1.54, 1.807) is 11.8 Å². The van der Waals surface area contributed by atoms with Crippen molar-refractivity contribution < 1.29 is 4.79 Å². The van der Waals surface area contributed by atoms with Gasteiger partial charge in [-0.05, 0) is 31.7 Å². The van der Waals surface area contributed by atoms with Crippen molar-refractivity contribution in [3.8, 4) is 6.07 Å². The SMILES string of the molecule is CCSc1cccc(NCCC(=O)N(CC)CC)c1C#N. The Bertz CT molecular complexity index is 507. The predicted molar refractivity (Wildman–Crippen MR) is 88.6 cm³/mol. The minimum absolute atomic E-state index is 0.144. The standard InChI is InChI=1S/C16H23N3OS/c1-4-19(5-2)16(20)10-11-18-14-8-7-9-15(21-6-3)13(14)12-17/h7-9,18H,4-6,10-11H2,1-3H3. The van der Waals surface area contributed by atoms with E-state index in [9.17, 15) is 10.1 Å². The molecule has 0 aliphatic heterocycles. The molecule has 21 heavy (non-hydrogen) atoms. The molecule has 1 N–H and O–H groups in total. The van der Waals surface area contributed by atoms with Crippen molar-refractivity contribution in [3.63, 3.8) is 0 Å². The smallest absolute Gasteiger partial charge is 0.224 e. The van der Waals surface area contributed by atoms with Crippen molar-refractivity contribution in [3.05, 3.63) is 23.8 Å². The number of hydrogen-bond acceptors (Lipinski definition) is 4. The molecule has 0 spiro atoms. The Balaban J connectivity index is 2.66. The second-order valence-corrected chi connectivity index (χ2v) is 5.77. The molecule has 1 aromatic carbocycles. The quantitative estimate of drug-likeness (QED) is 0.748. The topological polar surface area (TPSA) is 56.1 Å². The number of amides is 1. The van der Waals surface area contributed by atoms with Crippen LogP contribution in [-0.2, 0) is 4.79 Å². The first-order chi connectivity index (χ1) is 10.2. The number of anilines is 1. The van der Waals surface area contributed by atoms with E-state index < -0.39 is 0 Å². The van der Waals surface area contributed by atoms with Crippen LogP contribution < -0.4 is 5.32 Å². The number of nitrogens with one attached hydrogen (secondary N) is 1. The molecule has 5 heteroatoms. The lowest BCUT2D eigenvalue weighted by Gasteiger charge is -2.19. The van der Waals surface area contributed by atoms with Gasteiger partial charge in [-0.2, -0.15) is 5.26 Å². The normalized spacial score (nSPS) is 10.0. The van der Waals surface area contributed by atoms with Gasteiger partial charge in [0.1, 0.15) is 6.07 Å². The Morgan fingerprint density at radius 2 is 2.05 bits per heavy atom. The molecule has 0 aliphatic carbocycles. The molecule has 0 fully saturated rings. The molecular formula is C16H23N3OS. The van der Waals surface area contributed by atoms with Crippen molar-refractivity contribution in [2.24, 2.45) is 0 Å². The maximum absolute atomic E-state index is 11.9. The summed E-state index contributed by atoms with van der Waals surface area (Å²) in [7, 11) is 0. The molecule has 0 heterocycles. The van der Waals surface area contributed by atoms with E-state index in [2.05, 4.69) is 18.3 Å². The second-order valence-electron chi connectivity index (χ2n) is 4.47. The molecule has 0 saturated heterocycles. The lowest BCUT2D eigenvalue weighted by Crippen LogP contribution is -2.31. The zero-order valence-electron chi connectivity index (χ0n) is 13.0. The molecule has 1 aromatic rings. The molecule has 4 nitrogen and oxygen atoms in total. The van der Waals surface area contributed by atoms with Gasteiger partial charge in [0.25, 0.3) is 0 Å². The summed E-state index contributed by atoms with van der Waals surface area (Å²) in [6.07, 6.45) is 0.442. The van der Waals surface area contributed by atoms with Gasteiger partial charge in [0.2, 0.25) is 5.91 Å². The second kappa shape index (κ2) is 9.30. The Hall–Kier alpha value is -1.67. The zero-order valence-corrected chi connectivity index (χ0v) is 13.8. The number of thioether (sulfide) groups is 1. The zero-order chi connectivity index (χ0) is 15.7. The third kappa shape index (κ3) is 4.98. The van der Waals surface area contributed by atoms with Crippen LogP contribution in [0.2, 0.25) is 0 Å². The number of carbonyl (C=O) groups is 1. The molecule has 1 amide bonds. The first-order valence-electron chi connectivity index (χ1n) is 7.35. The third-order valence-corrected chi connectivity index (χ3v) is 4.15. The third-order valence-electron chi connectivity index (χ3n) is 3.21. The van der Waals surface area contributed by atoms with Crippen LogP contribution in [0.25, 0.3) is 0 Å². The monoisotopic (exact) mass is 305 g/mol. The van der Waals surface area contributed by atoms with E-state index in [0.717, 1.165) is 29.4 Å². The van der Waals surface area contributed by atoms with E-state index in [1.165, 1.54) is 0 Å². The molecule has 114 valence electrons. The average Bonchev–Trinajstić information content (AvgIpc) is 2.49. The highest BCUT2D eigenvalue weighted by molar-refractivity contribution is 7.99. The van der Waals surface area contributed by atoms with Crippen molar-refractivity contribution in [1.82, 2.24) is 4.90 Å². The summed E-state index contributed by atoms with van der Waals surface area (Å²) >= 11 is 1.65. The number of nitriles is 1. The Kier molecular flexibility index (Phi) is 7.70. The molecule has 0 radical (unpaired) electrons. The number of rotatable bonds is 8. The van der Waals surface area contributed by atoms with Crippen molar-refractivity contribution >= 4 is 23.4 Å². The van der Waals surface area contributed by atoms with E-state index in [1.807, 2.05) is 36.9 Å². The number of nitrogens with zero attached hydrogens (tertiary/aromatic N) is 2. The van der Waals surface area contributed by atoms with Crippen LogP contribution in [0.3, 0.4) is 0 Å². The summed E-state index contributed by atoms with van der Waals surface area (Å²) in [5.74, 6) is 1.07. The van der Waals surface area contributed by atoms with Gasteiger partial charge < -0.3 is 10.2 Å². The number of hydrogen-bond donors (Lipinski definition) is 1. The largest absolute Gasteiger partial charge is 0.383 e. The van der Waals surface area contributed by atoms with E-state index in [-0.39, 0.29) is 5.91 Å². The maximum Gasteiger partial charge on any atom is 0.224 e. The molecule has 0 aliphatic rings. The van der Waals surface area contributed by atoms with Gasteiger partial charge in [0, 0.05) is 31.0 Å². The summed E-state index contributed by atoms with van der Waals surface area (Å²) in [4.78, 5) is 14.7. The van der Waals surface area contributed by atoms with Crippen LogP contribution >= 0.6 is 11.8 Å². The molecule has 0 unspecified atom stereocenters. The van der Waals surface area contributed by atoms with Crippen LogP contribution in [0.5, 0.6) is 0 Å². The highest BCUT2D eigenvalue weighted by Gasteiger charge is 2.11. The van der Waals surface area contributed by atoms with Crippen molar-refractivity contribution in [2.75, 3.05) is 30.7 Å². The lowest BCUT2D eigenvalue weighted by atomic mass is 10.2. The average molecular weight is 305 g/mol. The van der Waals surface area contributed by atoms with Gasteiger partial charge in [-0.1, -0.05) is 13.0 Å². The highest BCUT2D eigenvalue weighted by atomic mass is 32.2. The molecule has 0 saturated carbocycles. The number of benzene rings is 1. The fourth-order valence-electron chi connectivity index (χ4n) is 2.11. The fourth-order valence-corrected chi connectivity index (χ4v) is 2.89. The minimum atomic E-state index is 0.144. The van der Waals surface area contributed by atoms with Gasteiger partial charge >= 0.3 is 0 Å². The molecule has 0 aromatic heterocycles. The summed E-state index contributed by atoms with van der Waals surface area (Å²) in [5.41, 5.74) is 1.47. The van der Waals surface area contributed by atoms with Crippen LogP contribution in [0.1, 0.15) is 32.8 Å². The van der Waals surface area contributed by atoms with Gasteiger partial charge in [0.05, 0.1) is 11.3 Å². The fraction of sp³-hybridized carbons (Fsp3) is 0.500. The van der Waals surface area contributed by atoms with Crippen LogP contribution in [0, 0.1) is 11.3 Å². The van der Waals surface area contributed by atoms with E-state index in [0.29, 0.717) is 18.5 Å². The minimum Gasteiger partial charge on any atom is -0.383 e. The summed E-state index contributed by atoms with van der Waals surface area (Å²) < 4.78 is 0. The molecule has 0 bridgehead atoms. The van der Waals surface area contributed by atoms with Gasteiger partial charge in [-0.3, -0.25) is 4.79 Å². The van der Waals surface area contributed by atoms with Gasteiger partial charge in [-0.25, -0.2) is 0 Å². The summed E-state index contributed by atoms with van der Waals surface area (Å²) in [6.45, 7) is 8.05. The van der Waals surface area contributed by atoms with E-state index in [4.69, 9.17) is 0 Å².